The lowest BCUT2D eigenvalue weighted by molar-refractivity contribution is -0.152. The summed E-state index contributed by atoms with van der Waals surface area (Å²) in [6.07, 6.45) is -0.182. The number of nitrogens with zero attached hydrogens (tertiary/aromatic N) is 2. The number of imide groups is 1. The zero-order valence-corrected chi connectivity index (χ0v) is 21.7. The Balaban J connectivity index is 2.02. The molecule has 1 aliphatic heterocycles. The van der Waals surface area contributed by atoms with Crippen LogP contribution in [0.3, 0.4) is 0 Å². The Hall–Kier alpha value is -3.63. The Morgan fingerprint density at radius 1 is 1.14 bits per heavy atom. The molecule has 0 bridgehead atoms. The molecule has 0 saturated carbocycles. The highest BCUT2D eigenvalue weighted by atomic mass is 16.6. The third kappa shape index (κ3) is 7.96. The van der Waals surface area contributed by atoms with Crippen LogP contribution in [0.15, 0.2) is 30.3 Å². The average molecular weight is 505 g/mol. The first-order valence-electron chi connectivity index (χ1n) is 11.9. The maximum atomic E-state index is 12.9. The molecule has 1 fully saturated rings. The summed E-state index contributed by atoms with van der Waals surface area (Å²) in [6.45, 7) is 8.18. The van der Waals surface area contributed by atoms with Crippen LogP contribution in [0.2, 0.25) is 0 Å². The minimum atomic E-state index is -1.14. The first-order chi connectivity index (χ1) is 16.8. The number of esters is 1. The number of hydrogen-bond acceptors (Lipinski definition) is 7. The van der Waals surface area contributed by atoms with E-state index in [1.54, 1.807) is 52.0 Å². The molecule has 2 N–H and O–H groups in total. The highest BCUT2D eigenvalue weighted by Gasteiger charge is 2.44. The SMILES string of the molecule is CC[C@H](C)[C@H](NC(=O)OC(C)(C)C)C(=O)NCC(=O)N1C(=O)N(C)C[C@H]1C(=O)OCc1ccccc1. The first-order valence-corrected chi connectivity index (χ1v) is 11.9. The van der Waals surface area contributed by atoms with Crippen molar-refractivity contribution in [3.05, 3.63) is 35.9 Å². The second-order valence-electron chi connectivity index (χ2n) is 9.76. The topological polar surface area (TPSA) is 134 Å². The molecule has 0 unspecified atom stereocenters. The van der Waals surface area contributed by atoms with Crippen molar-refractivity contribution >= 4 is 29.9 Å². The van der Waals surface area contributed by atoms with E-state index in [9.17, 15) is 24.0 Å². The zero-order chi connectivity index (χ0) is 27.0. The second-order valence-corrected chi connectivity index (χ2v) is 9.76. The normalized spacial score (nSPS) is 17.3. The van der Waals surface area contributed by atoms with Crippen molar-refractivity contribution in [1.82, 2.24) is 20.4 Å². The lowest BCUT2D eigenvalue weighted by Crippen LogP contribution is -2.54. The molecule has 0 aromatic heterocycles. The van der Waals surface area contributed by atoms with E-state index in [1.165, 1.54) is 11.9 Å². The highest BCUT2D eigenvalue weighted by Crippen LogP contribution is 2.17. The van der Waals surface area contributed by atoms with Gasteiger partial charge >= 0.3 is 18.1 Å². The number of ether oxygens (including phenoxy) is 2. The molecule has 198 valence electrons. The molecule has 1 aliphatic rings. The van der Waals surface area contributed by atoms with Gasteiger partial charge in [-0.1, -0.05) is 50.6 Å². The molecule has 0 radical (unpaired) electrons. The summed E-state index contributed by atoms with van der Waals surface area (Å²) in [5.74, 6) is -2.35. The Morgan fingerprint density at radius 2 is 1.78 bits per heavy atom. The van der Waals surface area contributed by atoms with Gasteiger partial charge < -0.3 is 25.0 Å². The van der Waals surface area contributed by atoms with Crippen LogP contribution in [0.5, 0.6) is 0 Å². The molecule has 5 amide bonds. The molecule has 2 rings (SSSR count). The number of carbonyl (C=O) groups is 5. The lowest BCUT2D eigenvalue weighted by atomic mass is 9.98. The Bertz CT molecular complexity index is 961. The predicted octanol–water partition coefficient (Wildman–Crippen LogP) is 2.05. The summed E-state index contributed by atoms with van der Waals surface area (Å²) in [5.41, 5.74) is 0.0187. The fourth-order valence-electron chi connectivity index (χ4n) is 3.52. The van der Waals surface area contributed by atoms with Crippen LogP contribution in [0.4, 0.5) is 9.59 Å². The largest absolute Gasteiger partial charge is 0.459 e. The van der Waals surface area contributed by atoms with Crippen LogP contribution >= 0.6 is 0 Å². The van der Waals surface area contributed by atoms with Crippen molar-refractivity contribution in [2.45, 2.75) is 65.3 Å². The fourth-order valence-corrected chi connectivity index (χ4v) is 3.52. The van der Waals surface area contributed by atoms with Crippen LogP contribution in [0, 0.1) is 5.92 Å². The molecule has 1 aromatic rings. The fraction of sp³-hybridized carbons (Fsp3) is 0.560. The van der Waals surface area contributed by atoms with Crippen LogP contribution in [0.25, 0.3) is 0 Å². The molecule has 11 heteroatoms. The van der Waals surface area contributed by atoms with E-state index in [4.69, 9.17) is 9.47 Å². The predicted molar refractivity (Wildman–Crippen MR) is 131 cm³/mol. The number of nitrogens with one attached hydrogen (secondary N) is 2. The molecule has 36 heavy (non-hydrogen) atoms. The van der Waals surface area contributed by atoms with Gasteiger partial charge in [0.1, 0.15) is 18.2 Å². The lowest BCUT2D eigenvalue weighted by Gasteiger charge is -2.26. The number of urea groups is 1. The number of hydrogen-bond donors (Lipinski definition) is 2. The molecule has 0 spiro atoms. The van der Waals surface area contributed by atoms with Gasteiger partial charge in [0.05, 0.1) is 13.1 Å². The summed E-state index contributed by atoms with van der Waals surface area (Å²) < 4.78 is 10.6. The monoisotopic (exact) mass is 504 g/mol. The Labute approximate surface area is 211 Å². The van der Waals surface area contributed by atoms with Crippen LogP contribution in [-0.4, -0.2) is 77.5 Å². The summed E-state index contributed by atoms with van der Waals surface area (Å²) in [6, 6.07) is 6.26. The number of alkyl carbamates (subject to hydrolysis) is 1. The third-order valence-electron chi connectivity index (χ3n) is 5.64. The summed E-state index contributed by atoms with van der Waals surface area (Å²) in [5, 5.41) is 5.02. The summed E-state index contributed by atoms with van der Waals surface area (Å²) in [7, 11) is 1.47. The van der Waals surface area contributed by atoms with Gasteiger partial charge in [0.15, 0.2) is 6.04 Å². The van der Waals surface area contributed by atoms with E-state index < -0.39 is 54.1 Å². The van der Waals surface area contributed by atoms with Gasteiger partial charge in [0.25, 0.3) is 5.91 Å². The van der Waals surface area contributed by atoms with Gasteiger partial charge in [-0.15, -0.1) is 0 Å². The molecule has 3 atom stereocenters. The minimum absolute atomic E-state index is 0.000233. The quantitative estimate of drug-likeness (QED) is 0.492. The van der Waals surface area contributed by atoms with Crippen LogP contribution in [-0.2, 0) is 30.5 Å². The molecule has 1 saturated heterocycles. The van der Waals surface area contributed by atoms with Gasteiger partial charge in [-0.05, 0) is 32.3 Å². The number of likely N-dealkylation sites (N-methyl/N-ethyl adjacent to an activating group) is 1. The maximum Gasteiger partial charge on any atom is 0.408 e. The van der Waals surface area contributed by atoms with E-state index in [1.807, 2.05) is 13.0 Å². The Morgan fingerprint density at radius 3 is 2.36 bits per heavy atom. The highest BCUT2D eigenvalue weighted by molar-refractivity contribution is 6.03. The van der Waals surface area contributed by atoms with Crippen molar-refractivity contribution in [2.75, 3.05) is 20.1 Å². The van der Waals surface area contributed by atoms with Crippen molar-refractivity contribution in [1.29, 1.82) is 0 Å². The number of rotatable bonds is 9. The molecule has 1 heterocycles. The van der Waals surface area contributed by atoms with Gasteiger partial charge in [-0.3, -0.25) is 9.59 Å². The number of amides is 5. The van der Waals surface area contributed by atoms with Crippen LogP contribution in [0.1, 0.15) is 46.6 Å². The smallest absolute Gasteiger partial charge is 0.408 e. The van der Waals surface area contributed by atoms with E-state index >= 15 is 0 Å². The van der Waals surface area contributed by atoms with Crippen molar-refractivity contribution in [3.63, 3.8) is 0 Å². The summed E-state index contributed by atoms with van der Waals surface area (Å²) >= 11 is 0. The molecule has 0 aliphatic carbocycles. The number of carbonyl (C=O) groups excluding carboxylic acids is 5. The first kappa shape index (κ1) is 28.6. The molecular weight excluding hydrogens is 468 g/mol. The molecule has 1 aromatic carbocycles. The third-order valence-corrected chi connectivity index (χ3v) is 5.64. The van der Waals surface area contributed by atoms with Gasteiger partial charge in [0, 0.05) is 7.05 Å². The van der Waals surface area contributed by atoms with Crippen molar-refractivity contribution in [2.24, 2.45) is 5.92 Å². The van der Waals surface area contributed by atoms with Crippen molar-refractivity contribution in [3.8, 4) is 0 Å². The zero-order valence-electron chi connectivity index (χ0n) is 21.7. The standard InChI is InChI=1S/C25H36N4O7/c1-7-16(2)20(27-23(33)36-25(3,4)5)21(31)26-13-19(30)29-18(14-28(6)24(29)34)22(32)35-15-17-11-9-8-10-12-17/h8-12,16,18,20H,7,13-15H2,1-6H3,(H,26,31)(H,27,33)/t16-,18-,20-/m0/s1. The molecule has 11 nitrogen and oxygen atoms in total. The second kappa shape index (κ2) is 12.4. The Kier molecular flexibility index (Phi) is 9.83. The van der Waals surface area contributed by atoms with E-state index in [0.29, 0.717) is 6.42 Å². The van der Waals surface area contributed by atoms with Gasteiger partial charge in [0.2, 0.25) is 5.91 Å². The van der Waals surface area contributed by atoms with Gasteiger partial charge in [-0.2, -0.15) is 0 Å². The van der Waals surface area contributed by atoms with E-state index in [-0.39, 0.29) is 19.1 Å². The molecular formula is C25H36N4O7. The van der Waals surface area contributed by atoms with E-state index in [2.05, 4.69) is 10.6 Å². The average Bonchev–Trinajstić information content (AvgIpc) is 3.12. The minimum Gasteiger partial charge on any atom is -0.459 e. The maximum absolute atomic E-state index is 12.9. The van der Waals surface area contributed by atoms with Crippen LogP contribution < -0.4 is 10.6 Å². The summed E-state index contributed by atoms with van der Waals surface area (Å²) in [4.78, 5) is 65.3. The van der Waals surface area contributed by atoms with Crippen molar-refractivity contribution < 1.29 is 33.4 Å². The van der Waals surface area contributed by atoms with E-state index in [0.717, 1.165) is 10.5 Å². The van der Waals surface area contributed by atoms with Gasteiger partial charge in [-0.25, -0.2) is 19.3 Å². The number of benzene rings is 1.